The molecule has 1 atom stereocenters. The summed E-state index contributed by atoms with van der Waals surface area (Å²) in [5.74, 6) is -0.514. The summed E-state index contributed by atoms with van der Waals surface area (Å²) in [6.07, 6.45) is 5.09. The fourth-order valence-corrected chi connectivity index (χ4v) is 4.06. The lowest BCUT2D eigenvalue weighted by Gasteiger charge is -2.31. The lowest BCUT2D eigenvalue weighted by atomic mass is 9.97. The first-order chi connectivity index (χ1) is 11.6. The Kier molecular flexibility index (Phi) is 5.26. The van der Waals surface area contributed by atoms with Crippen molar-refractivity contribution in [2.75, 3.05) is 19.7 Å². The van der Waals surface area contributed by atoms with E-state index in [4.69, 9.17) is 16.3 Å². The van der Waals surface area contributed by atoms with Crippen LogP contribution in [0.2, 0.25) is 4.34 Å². The molecule has 1 saturated heterocycles. The van der Waals surface area contributed by atoms with E-state index in [1.54, 1.807) is 18.0 Å². The van der Waals surface area contributed by atoms with Gasteiger partial charge in [0.1, 0.15) is 0 Å². The van der Waals surface area contributed by atoms with Gasteiger partial charge in [-0.3, -0.25) is 9.59 Å². The minimum Gasteiger partial charge on any atom is -0.466 e. The number of hydrogen-bond acceptors (Lipinski definition) is 4. The van der Waals surface area contributed by atoms with Crippen molar-refractivity contribution in [1.29, 1.82) is 0 Å². The molecule has 0 bridgehead atoms. The van der Waals surface area contributed by atoms with Crippen LogP contribution >= 0.6 is 22.9 Å². The van der Waals surface area contributed by atoms with Gasteiger partial charge in [-0.25, -0.2) is 0 Å². The molecule has 128 valence electrons. The van der Waals surface area contributed by atoms with Crippen molar-refractivity contribution in [3.63, 3.8) is 0 Å². The van der Waals surface area contributed by atoms with Crippen LogP contribution in [0, 0.1) is 5.92 Å². The highest BCUT2D eigenvalue weighted by molar-refractivity contribution is 7.19. The molecule has 0 aliphatic carbocycles. The van der Waals surface area contributed by atoms with Crippen LogP contribution in [-0.2, 0) is 9.53 Å². The third-order valence-electron chi connectivity index (χ3n) is 4.14. The summed E-state index contributed by atoms with van der Waals surface area (Å²) >= 11 is 7.44. The minimum atomic E-state index is -0.235. The van der Waals surface area contributed by atoms with Gasteiger partial charge in [0.15, 0.2) is 0 Å². The van der Waals surface area contributed by atoms with E-state index in [9.17, 15) is 9.59 Å². The Balaban J connectivity index is 1.77. The van der Waals surface area contributed by atoms with Gasteiger partial charge in [0.05, 0.1) is 22.4 Å². The zero-order valence-corrected chi connectivity index (χ0v) is 15.0. The fraction of sp³-hybridized carbons (Fsp3) is 0.412. The van der Waals surface area contributed by atoms with E-state index in [2.05, 4.69) is 4.98 Å². The number of thiophene rings is 1. The van der Waals surface area contributed by atoms with Crippen molar-refractivity contribution in [3.8, 4) is 10.4 Å². The number of aromatic nitrogens is 1. The number of piperidine rings is 1. The molecular formula is C17H19ClN2O3S. The van der Waals surface area contributed by atoms with Crippen LogP contribution in [0.4, 0.5) is 0 Å². The van der Waals surface area contributed by atoms with Gasteiger partial charge >= 0.3 is 5.97 Å². The summed E-state index contributed by atoms with van der Waals surface area (Å²) in [4.78, 5) is 30.6. The van der Waals surface area contributed by atoms with Gasteiger partial charge in [-0.1, -0.05) is 11.6 Å². The molecule has 0 saturated carbocycles. The number of rotatable bonds is 4. The lowest BCUT2D eigenvalue weighted by molar-refractivity contribution is -0.149. The number of likely N-dealkylation sites (tertiary alicyclic amines) is 1. The first kappa shape index (κ1) is 17.0. The Hall–Kier alpha value is -1.79. The Labute approximate surface area is 149 Å². The predicted octanol–water partition coefficient (Wildman–Crippen LogP) is 3.81. The first-order valence-corrected chi connectivity index (χ1v) is 9.18. The molecule has 2 aromatic heterocycles. The second-order valence-electron chi connectivity index (χ2n) is 5.73. The maximum Gasteiger partial charge on any atom is 0.310 e. The second-order valence-corrected chi connectivity index (χ2v) is 7.44. The normalized spacial score (nSPS) is 17.8. The molecule has 0 aromatic carbocycles. The fourth-order valence-electron chi connectivity index (χ4n) is 2.99. The zero-order valence-electron chi connectivity index (χ0n) is 13.4. The average Bonchev–Trinajstić information content (AvgIpc) is 3.23. The Morgan fingerprint density at radius 3 is 2.96 bits per heavy atom. The van der Waals surface area contributed by atoms with Gasteiger partial charge in [-0.15, -0.1) is 11.3 Å². The highest BCUT2D eigenvalue weighted by Gasteiger charge is 2.31. The summed E-state index contributed by atoms with van der Waals surface area (Å²) < 4.78 is 5.79. The molecule has 1 aliphatic heterocycles. The maximum atomic E-state index is 12.9. The maximum absolute atomic E-state index is 12.9. The molecule has 1 amide bonds. The van der Waals surface area contributed by atoms with E-state index in [0.29, 0.717) is 29.6 Å². The highest BCUT2D eigenvalue weighted by atomic mass is 35.5. The number of nitrogens with zero attached hydrogens (tertiary/aromatic N) is 1. The number of ether oxygens (including phenoxy) is 1. The summed E-state index contributed by atoms with van der Waals surface area (Å²) in [5.41, 5.74) is 1.45. The lowest BCUT2D eigenvalue weighted by Crippen LogP contribution is -2.42. The monoisotopic (exact) mass is 366 g/mol. The standard InChI is InChI=1S/C17H19ClN2O3S/c1-2-23-17(22)11-4-3-7-20(10-11)16(21)13-9-19-8-12(13)14-5-6-15(18)24-14/h5-6,8-9,11,19H,2-4,7,10H2,1H3. The predicted molar refractivity (Wildman–Crippen MR) is 94.4 cm³/mol. The molecule has 1 unspecified atom stereocenters. The number of aromatic amines is 1. The molecule has 24 heavy (non-hydrogen) atoms. The van der Waals surface area contributed by atoms with E-state index in [-0.39, 0.29) is 17.8 Å². The Morgan fingerprint density at radius 1 is 1.42 bits per heavy atom. The molecule has 0 radical (unpaired) electrons. The van der Waals surface area contributed by atoms with Crippen molar-refractivity contribution in [3.05, 3.63) is 34.4 Å². The number of carbonyl (C=O) groups is 2. The van der Waals surface area contributed by atoms with Gasteiger partial charge in [-0.2, -0.15) is 0 Å². The van der Waals surface area contributed by atoms with Gasteiger partial charge in [0.25, 0.3) is 5.91 Å². The van der Waals surface area contributed by atoms with Crippen LogP contribution in [0.25, 0.3) is 10.4 Å². The van der Waals surface area contributed by atoms with Crippen LogP contribution < -0.4 is 0 Å². The Morgan fingerprint density at radius 2 is 2.25 bits per heavy atom. The van der Waals surface area contributed by atoms with E-state index in [1.165, 1.54) is 11.3 Å². The van der Waals surface area contributed by atoms with Gasteiger partial charge in [-0.05, 0) is 31.9 Å². The summed E-state index contributed by atoms with van der Waals surface area (Å²) in [6, 6.07) is 3.73. The van der Waals surface area contributed by atoms with E-state index in [1.807, 2.05) is 18.3 Å². The number of halogens is 1. The summed E-state index contributed by atoms with van der Waals surface area (Å²) in [7, 11) is 0. The highest BCUT2D eigenvalue weighted by Crippen LogP contribution is 2.34. The van der Waals surface area contributed by atoms with Crippen LogP contribution in [0.3, 0.4) is 0 Å². The number of hydrogen-bond donors (Lipinski definition) is 1. The molecule has 2 aromatic rings. The molecule has 1 aliphatic rings. The minimum absolute atomic E-state index is 0.0650. The molecule has 1 N–H and O–H groups in total. The van der Waals surface area contributed by atoms with E-state index < -0.39 is 0 Å². The third-order valence-corrected chi connectivity index (χ3v) is 5.41. The van der Waals surface area contributed by atoms with Gasteiger partial charge in [0, 0.05) is 35.9 Å². The van der Waals surface area contributed by atoms with Crippen LogP contribution in [0.15, 0.2) is 24.5 Å². The second kappa shape index (κ2) is 7.40. The molecule has 5 nitrogen and oxygen atoms in total. The summed E-state index contributed by atoms with van der Waals surface area (Å²) in [6.45, 7) is 3.23. The SMILES string of the molecule is CCOC(=O)C1CCCN(C(=O)c2c[nH]cc2-c2ccc(Cl)s2)C1. The Bertz CT molecular complexity index is 740. The van der Waals surface area contributed by atoms with Crippen LogP contribution in [-0.4, -0.2) is 41.5 Å². The van der Waals surface area contributed by atoms with Crippen molar-refractivity contribution in [1.82, 2.24) is 9.88 Å². The molecule has 3 rings (SSSR count). The first-order valence-electron chi connectivity index (χ1n) is 7.98. The van der Waals surface area contributed by atoms with Crippen LogP contribution in [0.5, 0.6) is 0 Å². The zero-order chi connectivity index (χ0) is 17.1. The topological polar surface area (TPSA) is 62.4 Å². The number of H-pyrrole nitrogens is 1. The number of carbonyl (C=O) groups excluding carboxylic acids is 2. The third kappa shape index (κ3) is 3.49. The summed E-state index contributed by atoms with van der Waals surface area (Å²) in [5, 5.41) is 0. The molecule has 7 heteroatoms. The average molecular weight is 367 g/mol. The van der Waals surface area contributed by atoms with Crippen LogP contribution in [0.1, 0.15) is 30.1 Å². The number of esters is 1. The van der Waals surface area contributed by atoms with Crippen molar-refractivity contribution in [2.45, 2.75) is 19.8 Å². The quantitative estimate of drug-likeness (QED) is 0.837. The smallest absolute Gasteiger partial charge is 0.310 e. The largest absolute Gasteiger partial charge is 0.466 e. The molecule has 1 fully saturated rings. The molecular weight excluding hydrogens is 348 g/mol. The van der Waals surface area contributed by atoms with E-state index in [0.717, 1.165) is 23.3 Å². The van der Waals surface area contributed by atoms with Gasteiger partial charge in [0.2, 0.25) is 0 Å². The van der Waals surface area contributed by atoms with E-state index >= 15 is 0 Å². The van der Waals surface area contributed by atoms with Crippen molar-refractivity contribution < 1.29 is 14.3 Å². The van der Waals surface area contributed by atoms with Crippen molar-refractivity contribution in [2.24, 2.45) is 5.92 Å². The number of nitrogens with one attached hydrogen (secondary N) is 1. The van der Waals surface area contributed by atoms with Gasteiger partial charge < -0.3 is 14.6 Å². The van der Waals surface area contributed by atoms with Crippen molar-refractivity contribution >= 4 is 34.8 Å². The molecule has 3 heterocycles. The molecule has 0 spiro atoms. The number of amides is 1.